The van der Waals surface area contributed by atoms with Gasteiger partial charge in [0.15, 0.2) is 18.0 Å². The minimum absolute atomic E-state index is 0.0707. The first-order valence-electron chi connectivity index (χ1n) is 8.87. The quantitative estimate of drug-likeness (QED) is 0.475. The zero-order valence-electron chi connectivity index (χ0n) is 15.7. The normalized spacial score (nSPS) is 13.8. The van der Waals surface area contributed by atoms with Crippen molar-refractivity contribution in [3.63, 3.8) is 0 Å². The van der Waals surface area contributed by atoms with Crippen LogP contribution in [0.25, 0.3) is 22.2 Å². The van der Waals surface area contributed by atoms with Crippen LogP contribution in [0.3, 0.4) is 0 Å². The molecule has 4 rings (SSSR count). The number of anilines is 1. The second kappa shape index (κ2) is 6.97. The highest BCUT2D eigenvalue weighted by molar-refractivity contribution is 7.92. The van der Waals surface area contributed by atoms with Crippen molar-refractivity contribution in [1.29, 1.82) is 0 Å². The van der Waals surface area contributed by atoms with Gasteiger partial charge in [0, 0.05) is 23.7 Å². The maximum Gasteiger partial charge on any atom is 0.414 e. The lowest BCUT2D eigenvalue weighted by molar-refractivity contribution is 0.0584. The van der Waals surface area contributed by atoms with Gasteiger partial charge in [-0.1, -0.05) is 23.7 Å². The molecule has 2 aromatic heterocycles. The molecule has 0 radical (unpaired) electrons. The van der Waals surface area contributed by atoms with Gasteiger partial charge in [0.2, 0.25) is 0 Å². The molecule has 5 nitrogen and oxygen atoms in total. The van der Waals surface area contributed by atoms with Crippen LogP contribution in [-0.4, -0.2) is 27.2 Å². The molecule has 8 heteroatoms. The molecular weight excluding hydrogens is 401 g/mol. The smallest absolute Gasteiger partial charge is 0.414 e. The van der Waals surface area contributed by atoms with Gasteiger partial charge in [-0.05, 0) is 56.5 Å². The number of halogens is 2. The monoisotopic (exact) mass is 419 g/mol. The first-order valence-corrected chi connectivity index (χ1v) is 9.92. The SMILES string of the molecule is CC(C)(C)OC(=O)N1CCc2ccc(-c3cn(SF)c4nc(Cl)ccc34)cc21. The minimum atomic E-state index is -0.561. The zero-order valence-corrected chi connectivity index (χ0v) is 17.3. The number of hydrogen-bond acceptors (Lipinski definition) is 4. The van der Waals surface area contributed by atoms with E-state index in [9.17, 15) is 8.68 Å². The number of hydrogen-bond donors (Lipinski definition) is 0. The number of ether oxygens (including phenoxy) is 1. The van der Waals surface area contributed by atoms with Crippen LogP contribution in [-0.2, 0) is 11.2 Å². The van der Waals surface area contributed by atoms with Crippen molar-refractivity contribution < 1.29 is 13.4 Å². The number of fused-ring (bicyclic) bond motifs is 2. The Bertz CT molecular complexity index is 1080. The van der Waals surface area contributed by atoms with E-state index in [-0.39, 0.29) is 18.4 Å². The molecular formula is C20H19ClFN3O2S. The Balaban J connectivity index is 1.77. The molecule has 1 aliphatic rings. The minimum Gasteiger partial charge on any atom is -0.443 e. The fourth-order valence-electron chi connectivity index (χ4n) is 3.39. The summed E-state index contributed by atoms with van der Waals surface area (Å²) in [5, 5.41) is 1.09. The summed E-state index contributed by atoms with van der Waals surface area (Å²) >= 11 is 6.04. The fraction of sp³-hybridized carbons (Fsp3) is 0.300. The number of carbonyl (C=O) groups excluding carboxylic acids is 1. The van der Waals surface area contributed by atoms with E-state index in [2.05, 4.69) is 4.98 Å². The van der Waals surface area contributed by atoms with Gasteiger partial charge in [0.25, 0.3) is 0 Å². The van der Waals surface area contributed by atoms with Gasteiger partial charge >= 0.3 is 6.09 Å². The molecule has 0 saturated carbocycles. The van der Waals surface area contributed by atoms with Crippen molar-refractivity contribution in [1.82, 2.24) is 8.96 Å². The van der Waals surface area contributed by atoms with E-state index >= 15 is 0 Å². The lowest BCUT2D eigenvalue weighted by Crippen LogP contribution is -2.35. The van der Waals surface area contributed by atoms with E-state index in [0.717, 1.165) is 34.2 Å². The van der Waals surface area contributed by atoms with Gasteiger partial charge in [-0.2, -0.15) is 0 Å². The zero-order chi connectivity index (χ0) is 20.1. The Kier molecular flexibility index (Phi) is 4.75. The topological polar surface area (TPSA) is 47.4 Å². The summed E-state index contributed by atoms with van der Waals surface area (Å²) in [6.45, 7) is 6.12. The third-order valence-electron chi connectivity index (χ3n) is 4.57. The van der Waals surface area contributed by atoms with Gasteiger partial charge in [-0.15, -0.1) is 3.89 Å². The van der Waals surface area contributed by atoms with Gasteiger partial charge in [-0.25, -0.2) is 13.8 Å². The van der Waals surface area contributed by atoms with Crippen molar-refractivity contribution in [3.8, 4) is 11.1 Å². The Hall–Kier alpha value is -2.25. The first-order chi connectivity index (χ1) is 13.3. The number of amides is 1. The summed E-state index contributed by atoms with van der Waals surface area (Å²) in [5.74, 6) is 0. The standard InChI is InChI=1S/C20H19ClFN3O2S/c1-20(2,3)27-19(26)24-9-8-12-4-5-13(10-16(12)24)15-11-25(28-22)18-14(15)6-7-17(21)23-18/h4-7,10-11H,8-9H2,1-3H3. The van der Waals surface area contributed by atoms with Gasteiger partial charge < -0.3 is 4.74 Å². The molecule has 3 heterocycles. The molecule has 0 N–H and O–H groups in total. The molecule has 0 unspecified atom stereocenters. The molecule has 1 aromatic carbocycles. The number of carbonyl (C=O) groups is 1. The average Bonchev–Trinajstić information content (AvgIpc) is 3.20. The van der Waals surface area contributed by atoms with E-state index in [0.29, 0.717) is 17.3 Å². The number of aromatic nitrogens is 2. The van der Waals surface area contributed by atoms with Crippen LogP contribution in [0, 0.1) is 0 Å². The fourth-order valence-corrected chi connectivity index (χ4v) is 3.88. The maximum atomic E-state index is 13.4. The average molecular weight is 420 g/mol. The molecule has 1 amide bonds. The maximum absolute atomic E-state index is 13.4. The van der Waals surface area contributed by atoms with E-state index < -0.39 is 5.60 Å². The molecule has 0 aliphatic carbocycles. The van der Waals surface area contributed by atoms with E-state index in [1.165, 1.54) is 3.97 Å². The Labute approximate surface area is 171 Å². The summed E-state index contributed by atoms with van der Waals surface area (Å²) in [6.07, 6.45) is 2.10. The predicted octanol–water partition coefficient (Wildman–Crippen LogP) is 6.04. The number of pyridine rings is 1. The molecule has 0 saturated heterocycles. The molecule has 28 heavy (non-hydrogen) atoms. The Morgan fingerprint density at radius 2 is 2.07 bits per heavy atom. The van der Waals surface area contributed by atoms with Crippen LogP contribution in [0.1, 0.15) is 26.3 Å². The first kappa shape index (κ1) is 19.1. The van der Waals surface area contributed by atoms with Crippen molar-refractivity contribution >= 4 is 46.7 Å². The molecule has 0 spiro atoms. The van der Waals surface area contributed by atoms with E-state index in [4.69, 9.17) is 16.3 Å². The van der Waals surface area contributed by atoms with Crippen LogP contribution < -0.4 is 4.90 Å². The highest BCUT2D eigenvalue weighted by Gasteiger charge is 2.29. The Morgan fingerprint density at radius 1 is 1.29 bits per heavy atom. The largest absolute Gasteiger partial charge is 0.443 e. The molecule has 0 atom stereocenters. The summed E-state index contributed by atoms with van der Waals surface area (Å²) in [4.78, 5) is 18.5. The highest BCUT2D eigenvalue weighted by atomic mass is 35.5. The molecule has 1 aliphatic heterocycles. The van der Waals surface area contributed by atoms with Crippen LogP contribution in [0.2, 0.25) is 5.15 Å². The molecule has 0 bridgehead atoms. The summed E-state index contributed by atoms with van der Waals surface area (Å²) in [6, 6.07) is 9.44. The van der Waals surface area contributed by atoms with Crippen molar-refractivity contribution in [3.05, 3.63) is 47.2 Å². The predicted molar refractivity (Wildman–Crippen MR) is 112 cm³/mol. The third kappa shape index (κ3) is 3.44. The van der Waals surface area contributed by atoms with Crippen LogP contribution >= 0.6 is 23.9 Å². The lowest BCUT2D eigenvalue weighted by atomic mass is 10.0. The van der Waals surface area contributed by atoms with Crippen molar-refractivity contribution in [2.75, 3.05) is 11.4 Å². The van der Waals surface area contributed by atoms with Gasteiger partial charge in [-0.3, -0.25) is 4.90 Å². The lowest BCUT2D eigenvalue weighted by Gasteiger charge is -2.25. The highest BCUT2D eigenvalue weighted by Crippen LogP contribution is 2.38. The molecule has 0 fully saturated rings. The summed E-state index contributed by atoms with van der Waals surface area (Å²) < 4.78 is 20.3. The van der Waals surface area contributed by atoms with Crippen LogP contribution in [0.4, 0.5) is 14.4 Å². The third-order valence-corrected chi connectivity index (χ3v) is 5.20. The van der Waals surface area contributed by atoms with Crippen molar-refractivity contribution in [2.45, 2.75) is 32.8 Å². The second-order valence-corrected chi connectivity index (χ2v) is 8.59. The number of rotatable bonds is 2. The van der Waals surface area contributed by atoms with Crippen molar-refractivity contribution in [2.24, 2.45) is 0 Å². The van der Waals surface area contributed by atoms with Crippen LogP contribution in [0.15, 0.2) is 36.5 Å². The number of benzene rings is 1. The van der Waals surface area contributed by atoms with Crippen LogP contribution in [0.5, 0.6) is 0 Å². The Morgan fingerprint density at radius 3 is 2.79 bits per heavy atom. The van der Waals surface area contributed by atoms with Gasteiger partial charge in [0.05, 0.1) is 5.69 Å². The summed E-state index contributed by atoms with van der Waals surface area (Å²) in [5.41, 5.74) is 3.49. The number of nitrogens with zero attached hydrogens (tertiary/aromatic N) is 3. The second-order valence-electron chi connectivity index (χ2n) is 7.67. The van der Waals surface area contributed by atoms with Gasteiger partial charge in [0.1, 0.15) is 10.8 Å². The molecule has 3 aromatic rings. The summed E-state index contributed by atoms with van der Waals surface area (Å²) in [7, 11) is 0. The van der Waals surface area contributed by atoms with E-state index in [1.54, 1.807) is 17.2 Å². The molecule has 146 valence electrons. The van der Waals surface area contributed by atoms with E-state index in [1.807, 2.05) is 45.0 Å².